The van der Waals surface area contributed by atoms with Crippen LogP contribution in [0.4, 0.5) is 10.1 Å². The Morgan fingerprint density at radius 1 is 1.28 bits per heavy atom. The Morgan fingerprint density at radius 2 is 2.10 bits per heavy atom. The number of aryl methyl sites for hydroxylation is 1. The van der Waals surface area contributed by atoms with E-state index in [4.69, 9.17) is 16.1 Å². The van der Waals surface area contributed by atoms with Crippen molar-refractivity contribution in [3.8, 4) is 11.3 Å². The van der Waals surface area contributed by atoms with Crippen molar-refractivity contribution in [3.05, 3.63) is 75.5 Å². The molecule has 1 amide bonds. The molecule has 4 rings (SSSR count). The smallest absolute Gasteiger partial charge is 0.267 e. The van der Waals surface area contributed by atoms with Crippen LogP contribution in [0.15, 0.2) is 58.1 Å². The minimum atomic E-state index is -0.527. The second kappa shape index (κ2) is 7.48. The zero-order chi connectivity index (χ0) is 20.5. The van der Waals surface area contributed by atoms with Crippen LogP contribution in [-0.4, -0.2) is 20.6 Å². The van der Waals surface area contributed by atoms with Crippen molar-refractivity contribution in [2.45, 2.75) is 13.5 Å². The SMILES string of the molecule is Cc1ccc(NC(=O)Cn2cnc3onc(-c4cccc(F)c4)c3c2=O)c(Cl)c1. The lowest BCUT2D eigenvalue weighted by atomic mass is 10.1. The second-order valence-electron chi connectivity index (χ2n) is 6.43. The van der Waals surface area contributed by atoms with Gasteiger partial charge in [-0.25, -0.2) is 9.37 Å². The summed E-state index contributed by atoms with van der Waals surface area (Å²) in [5, 5.41) is 6.97. The number of halogens is 2. The molecule has 146 valence electrons. The van der Waals surface area contributed by atoms with Gasteiger partial charge in [0.25, 0.3) is 11.3 Å². The number of fused-ring (bicyclic) bond motifs is 1. The van der Waals surface area contributed by atoms with E-state index >= 15 is 0 Å². The van der Waals surface area contributed by atoms with Crippen LogP contribution in [0.1, 0.15) is 5.56 Å². The summed E-state index contributed by atoms with van der Waals surface area (Å²) in [5.74, 6) is -0.931. The minimum Gasteiger partial charge on any atom is -0.335 e. The highest BCUT2D eigenvalue weighted by atomic mass is 35.5. The molecule has 2 aromatic heterocycles. The monoisotopic (exact) mass is 412 g/mol. The maximum absolute atomic E-state index is 13.6. The largest absolute Gasteiger partial charge is 0.335 e. The molecule has 1 N–H and O–H groups in total. The molecular weight excluding hydrogens is 399 g/mol. The van der Waals surface area contributed by atoms with E-state index in [0.717, 1.165) is 10.1 Å². The summed E-state index contributed by atoms with van der Waals surface area (Å²) in [5.41, 5.74) is 1.41. The normalized spacial score (nSPS) is 11.0. The number of hydrogen-bond donors (Lipinski definition) is 1. The summed E-state index contributed by atoms with van der Waals surface area (Å²) in [6.45, 7) is 1.59. The molecule has 0 atom stereocenters. The maximum atomic E-state index is 13.6. The van der Waals surface area contributed by atoms with Gasteiger partial charge >= 0.3 is 0 Å². The van der Waals surface area contributed by atoms with Crippen LogP contribution in [-0.2, 0) is 11.3 Å². The van der Waals surface area contributed by atoms with Crippen LogP contribution in [0.2, 0.25) is 5.02 Å². The molecular formula is C20H14ClFN4O3. The first-order valence-electron chi connectivity index (χ1n) is 8.59. The number of nitrogens with one attached hydrogen (secondary N) is 1. The van der Waals surface area contributed by atoms with Crippen LogP contribution in [0, 0.1) is 12.7 Å². The van der Waals surface area contributed by atoms with E-state index < -0.39 is 17.3 Å². The Balaban J connectivity index is 1.66. The van der Waals surface area contributed by atoms with E-state index in [2.05, 4.69) is 15.5 Å². The van der Waals surface area contributed by atoms with Crippen LogP contribution < -0.4 is 10.9 Å². The summed E-state index contributed by atoms with van der Waals surface area (Å²) in [7, 11) is 0. The van der Waals surface area contributed by atoms with Crippen LogP contribution in [0.5, 0.6) is 0 Å². The van der Waals surface area contributed by atoms with Crippen LogP contribution in [0.3, 0.4) is 0 Å². The van der Waals surface area contributed by atoms with E-state index in [-0.39, 0.29) is 23.3 Å². The van der Waals surface area contributed by atoms with Crippen LogP contribution >= 0.6 is 11.6 Å². The molecule has 7 nitrogen and oxygen atoms in total. The van der Waals surface area contributed by atoms with Crippen molar-refractivity contribution in [1.29, 1.82) is 0 Å². The first kappa shape index (κ1) is 18.8. The quantitative estimate of drug-likeness (QED) is 0.550. The molecule has 0 aliphatic carbocycles. The van der Waals surface area contributed by atoms with Gasteiger partial charge in [-0.1, -0.05) is 35.0 Å². The highest BCUT2D eigenvalue weighted by Gasteiger charge is 2.18. The summed E-state index contributed by atoms with van der Waals surface area (Å²) >= 11 is 6.13. The standard InChI is InChI=1S/C20H14ClFN4O3/c1-11-5-6-15(14(21)7-11)24-16(27)9-26-10-23-19-17(20(26)28)18(25-29-19)12-3-2-4-13(22)8-12/h2-8,10H,9H2,1H3,(H,24,27). The summed E-state index contributed by atoms with van der Waals surface area (Å²) in [6.07, 6.45) is 1.20. The molecule has 29 heavy (non-hydrogen) atoms. The molecule has 0 saturated carbocycles. The average molecular weight is 413 g/mol. The lowest BCUT2D eigenvalue weighted by molar-refractivity contribution is -0.116. The summed E-state index contributed by atoms with van der Waals surface area (Å²) in [4.78, 5) is 29.3. The van der Waals surface area contributed by atoms with Gasteiger partial charge < -0.3 is 9.84 Å². The van der Waals surface area contributed by atoms with Crippen molar-refractivity contribution in [3.63, 3.8) is 0 Å². The Hall–Kier alpha value is -3.52. The van der Waals surface area contributed by atoms with Gasteiger partial charge in [0.2, 0.25) is 5.91 Å². The Bertz CT molecular complexity index is 1300. The Kier molecular flexibility index (Phi) is 4.85. The number of anilines is 1. The second-order valence-corrected chi connectivity index (χ2v) is 6.84. The number of nitrogens with zero attached hydrogens (tertiary/aromatic N) is 3. The molecule has 0 spiro atoms. The van der Waals surface area contributed by atoms with E-state index in [9.17, 15) is 14.0 Å². The molecule has 2 heterocycles. The lowest BCUT2D eigenvalue weighted by Gasteiger charge is -2.09. The highest BCUT2D eigenvalue weighted by Crippen LogP contribution is 2.25. The zero-order valence-electron chi connectivity index (χ0n) is 15.1. The van der Waals surface area contributed by atoms with Gasteiger partial charge in [0.05, 0.1) is 10.7 Å². The lowest BCUT2D eigenvalue weighted by Crippen LogP contribution is -2.28. The molecule has 0 unspecified atom stereocenters. The number of benzene rings is 2. The number of aromatic nitrogens is 3. The van der Waals surface area contributed by atoms with Gasteiger partial charge in [-0.2, -0.15) is 0 Å². The third kappa shape index (κ3) is 3.74. The van der Waals surface area contributed by atoms with Gasteiger partial charge in [-0.15, -0.1) is 0 Å². The topological polar surface area (TPSA) is 90.0 Å². The maximum Gasteiger partial charge on any atom is 0.267 e. The van der Waals surface area contributed by atoms with Gasteiger partial charge in [0, 0.05) is 5.56 Å². The van der Waals surface area contributed by atoms with E-state index in [0.29, 0.717) is 16.3 Å². The van der Waals surface area contributed by atoms with Crippen molar-refractivity contribution in [2.24, 2.45) is 0 Å². The number of rotatable bonds is 4. The van der Waals surface area contributed by atoms with Crippen molar-refractivity contribution in [2.75, 3.05) is 5.32 Å². The number of hydrogen-bond acceptors (Lipinski definition) is 5. The van der Waals surface area contributed by atoms with Crippen LogP contribution in [0.25, 0.3) is 22.4 Å². The van der Waals surface area contributed by atoms with E-state index in [1.165, 1.54) is 24.5 Å². The zero-order valence-corrected chi connectivity index (χ0v) is 15.9. The third-order valence-electron chi connectivity index (χ3n) is 4.27. The molecule has 0 aliphatic heterocycles. The molecule has 0 radical (unpaired) electrons. The summed E-state index contributed by atoms with van der Waals surface area (Å²) in [6, 6.07) is 10.8. The van der Waals surface area contributed by atoms with E-state index in [1.54, 1.807) is 18.2 Å². The molecule has 0 fully saturated rings. The number of carbonyl (C=O) groups excluding carboxylic acids is 1. The Morgan fingerprint density at radius 3 is 2.86 bits per heavy atom. The first-order chi connectivity index (χ1) is 13.9. The van der Waals surface area contributed by atoms with Gasteiger partial charge in [-0.3, -0.25) is 14.2 Å². The molecule has 0 bridgehead atoms. The summed E-state index contributed by atoms with van der Waals surface area (Å²) < 4.78 is 19.8. The van der Waals surface area contributed by atoms with E-state index in [1.807, 2.05) is 13.0 Å². The van der Waals surface area contributed by atoms with Crippen molar-refractivity contribution < 1.29 is 13.7 Å². The Labute approximate surface area is 168 Å². The molecule has 4 aromatic rings. The van der Waals surface area contributed by atoms with Gasteiger partial charge in [0.15, 0.2) is 0 Å². The predicted molar refractivity (Wildman–Crippen MR) is 106 cm³/mol. The van der Waals surface area contributed by atoms with Crippen molar-refractivity contribution >= 4 is 34.3 Å². The molecule has 0 saturated heterocycles. The highest BCUT2D eigenvalue weighted by molar-refractivity contribution is 6.33. The fraction of sp³-hybridized carbons (Fsp3) is 0.100. The first-order valence-corrected chi connectivity index (χ1v) is 8.97. The molecule has 0 aliphatic rings. The minimum absolute atomic E-state index is 0.00694. The van der Waals surface area contributed by atoms with Gasteiger partial charge in [-0.05, 0) is 36.8 Å². The third-order valence-corrected chi connectivity index (χ3v) is 4.59. The fourth-order valence-electron chi connectivity index (χ4n) is 2.89. The average Bonchev–Trinajstić information content (AvgIpc) is 3.11. The number of amides is 1. The molecule has 2 aromatic carbocycles. The number of carbonyl (C=O) groups is 1. The van der Waals surface area contributed by atoms with Gasteiger partial charge in [0.1, 0.15) is 29.8 Å². The fourth-order valence-corrected chi connectivity index (χ4v) is 3.17. The van der Waals surface area contributed by atoms with Crippen molar-refractivity contribution in [1.82, 2.24) is 14.7 Å². The molecule has 9 heteroatoms. The predicted octanol–water partition coefficient (Wildman–Crippen LogP) is 3.79.